The maximum Gasteiger partial charge on any atom is 0.265 e. The lowest BCUT2D eigenvalue weighted by atomic mass is 10.1. The zero-order valence-electron chi connectivity index (χ0n) is 12.6. The van der Waals surface area contributed by atoms with Crippen molar-refractivity contribution < 1.29 is 9.53 Å². The molecule has 1 amide bonds. The summed E-state index contributed by atoms with van der Waals surface area (Å²) in [5, 5.41) is 2.66. The molecule has 120 valence electrons. The van der Waals surface area contributed by atoms with Crippen molar-refractivity contribution in [3.05, 3.63) is 63.9 Å². The van der Waals surface area contributed by atoms with E-state index in [0.29, 0.717) is 17.3 Å². The minimum atomic E-state index is -0.0622. The number of ether oxygens (including phenoxy) is 1. The van der Waals surface area contributed by atoms with Crippen LogP contribution in [0.2, 0.25) is 5.02 Å². The molecule has 0 unspecified atom stereocenters. The molecule has 0 radical (unpaired) electrons. The average Bonchev–Trinajstić information content (AvgIpc) is 3.13. The number of amides is 1. The van der Waals surface area contributed by atoms with Crippen LogP contribution in [0.5, 0.6) is 5.75 Å². The van der Waals surface area contributed by atoms with Crippen LogP contribution in [0, 0.1) is 0 Å². The number of fused-ring (bicyclic) bond motifs is 1. The number of thiazole rings is 1. The van der Waals surface area contributed by atoms with E-state index in [-0.39, 0.29) is 12.5 Å². The van der Waals surface area contributed by atoms with E-state index >= 15 is 0 Å². The Morgan fingerprint density at radius 2 is 2.04 bits per heavy atom. The number of anilines is 1. The van der Waals surface area contributed by atoms with Gasteiger partial charge in [-0.15, -0.1) is 11.3 Å². The lowest BCUT2D eigenvalue weighted by Gasteiger charge is -2.30. The quantitative estimate of drug-likeness (QED) is 0.699. The van der Waals surface area contributed by atoms with Crippen LogP contribution in [0.1, 0.15) is 5.56 Å². The first-order valence-corrected chi connectivity index (χ1v) is 8.73. The summed E-state index contributed by atoms with van der Waals surface area (Å²) >= 11 is 7.48. The summed E-state index contributed by atoms with van der Waals surface area (Å²) < 4.78 is 5.57. The topological polar surface area (TPSA) is 42.4 Å². The van der Waals surface area contributed by atoms with E-state index in [1.807, 2.05) is 47.8 Å². The zero-order chi connectivity index (χ0) is 16.5. The average molecular weight is 357 g/mol. The van der Waals surface area contributed by atoms with Crippen molar-refractivity contribution >= 4 is 34.5 Å². The molecule has 4 nitrogen and oxygen atoms in total. The van der Waals surface area contributed by atoms with Crippen molar-refractivity contribution in [2.45, 2.75) is 6.54 Å². The predicted molar refractivity (Wildman–Crippen MR) is 95.7 cm³/mol. The molecule has 4 rings (SSSR count). The van der Waals surface area contributed by atoms with E-state index in [2.05, 4.69) is 4.98 Å². The van der Waals surface area contributed by atoms with Gasteiger partial charge in [0, 0.05) is 16.0 Å². The van der Waals surface area contributed by atoms with E-state index in [0.717, 1.165) is 22.5 Å². The third kappa shape index (κ3) is 2.88. The number of benzene rings is 2. The van der Waals surface area contributed by atoms with E-state index in [9.17, 15) is 4.79 Å². The molecule has 0 N–H and O–H groups in total. The van der Waals surface area contributed by atoms with Gasteiger partial charge in [0.25, 0.3) is 5.91 Å². The monoisotopic (exact) mass is 356 g/mol. The molecule has 6 heteroatoms. The first-order valence-electron chi connectivity index (χ1n) is 7.41. The fourth-order valence-corrected chi connectivity index (χ4v) is 3.35. The Bertz CT molecular complexity index is 879. The second kappa shape index (κ2) is 6.26. The van der Waals surface area contributed by atoms with E-state index in [1.54, 1.807) is 21.7 Å². The normalized spacial score (nSPS) is 13.5. The van der Waals surface area contributed by atoms with Crippen LogP contribution in [0.15, 0.2) is 53.4 Å². The molecule has 0 bridgehead atoms. The van der Waals surface area contributed by atoms with Gasteiger partial charge < -0.3 is 9.64 Å². The third-order valence-corrected chi connectivity index (χ3v) is 4.72. The molecule has 1 aliphatic rings. The largest absolute Gasteiger partial charge is 0.482 e. The number of nitrogens with zero attached hydrogens (tertiary/aromatic N) is 2. The van der Waals surface area contributed by atoms with Gasteiger partial charge in [0.1, 0.15) is 5.75 Å². The van der Waals surface area contributed by atoms with Gasteiger partial charge in [-0.1, -0.05) is 23.7 Å². The van der Waals surface area contributed by atoms with Crippen LogP contribution < -0.4 is 9.64 Å². The second-order valence-corrected chi connectivity index (χ2v) is 6.61. The van der Waals surface area contributed by atoms with Gasteiger partial charge in [-0.05, 0) is 35.9 Å². The Morgan fingerprint density at radius 3 is 2.79 bits per heavy atom. The summed E-state index contributed by atoms with van der Waals surface area (Å²) in [5.74, 6) is 0.649. The summed E-state index contributed by atoms with van der Waals surface area (Å²) in [6.45, 7) is 0.531. The van der Waals surface area contributed by atoms with Crippen molar-refractivity contribution in [2.24, 2.45) is 0 Å². The van der Waals surface area contributed by atoms with Crippen molar-refractivity contribution in [2.75, 3.05) is 11.5 Å². The number of rotatable bonds is 3. The molecule has 1 aromatic heterocycles. The minimum Gasteiger partial charge on any atom is -0.482 e. The smallest absolute Gasteiger partial charge is 0.265 e. The minimum absolute atomic E-state index is 0.0522. The lowest BCUT2D eigenvalue weighted by molar-refractivity contribution is -0.121. The van der Waals surface area contributed by atoms with Gasteiger partial charge in [0.05, 0.1) is 23.4 Å². The third-order valence-electron chi connectivity index (χ3n) is 3.88. The molecule has 24 heavy (non-hydrogen) atoms. The molecule has 0 saturated heterocycles. The summed E-state index contributed by atoms with van der Waals surface area (Å²) in [7, 11) is 0. The van der Waals surface area contributed by atoms with Crippen LogP contribution in [-0.4, -0.2) is 17.5 Å². The molecule has 0 spiro atoms. The number of carbonyl (C=O) groups excluding carboxylic acids is 1. The molecular formula is C18H13ClN2O2S. The zero-order valence-corrected chi connectivity index (χ0v) is 14.2. The molecule has 1 aliphatic heterocycles. The lowest BCUT2D eigenvalue weighted by Crippen LogP contribution is -2.38. The first-order chi connectivity index (χ1) is 11.7. The van der Waals surface area contributed by atoms with Gasteiger partial charge in [-0.3, -0.25) is 4.79 Å². The van der Waals surface area contributed by atoms with Crippen LogP contribution in [0.3, 0.4) is 0 Å². The Kier molecular flexibility index (Phi) is 3.96. The van der Waals surface area contributed by atoms with Gasteiger partial charge in [0.15, 0.2) is 6.61 Å². The fraction of sp³-hybridized carbons (Fsp3) is 0.111. The first kappa shape index (κ1) is 15.2. The number of aromatic nitrogens is 1. The summed E-state index contributed by atoms with van der Waals surface area (Å²) in [6.07, 6.45) is 0. The number of hydrogen-bond acceptors (Lipinski definition) is 4. The van der Waals surface area contributed by atoms with Crippen molar-refractivity contribution in [3.63, 3.8) is 0 Å². The SMILES string of the molecule is O=C1COc2ccc(-c3cscn3)cc2N1Cc1ccc(Cl)cc1. The van der Waals surface area contributed by atoms with Gasteiger partial charge in [-0.2, -0.15) is 0 Å². The molecule has 0 aliphatic carbocycles. The molecule has 0 fully saturated rings. The summed E-state index contributed by atoms with van der Waals surface area (Å²) in [5.41, 5.74) is 5.44. The van der Waals surface area contributed by atoms with Crippen molar-refractivity contribution in [3.8, 4) is 17.0 Å². The molecule has 0 saturated carbocycles. The van der Waals surface area contributed by atoms with Crippen molar-refractivity contribution in [1.82, 2.24) is 4.98 Å². The van der Waals surface area contributed by atoms with Gasteiger partial charge in [0.2, 0.25) is 0 Å². The summed E-state index contributed by atoms with van der Waals surface area (Å²) in [4.78, 5) is 18.5. The molecule has 3 aromatic rings. The fourth-order valence-electron chi connectivity index (χ4n) is 2.66. The molecule has 0 atom stereocenters. The maximum atomic E-state index is 12.4. The highest BCUT2D eigenvalue weighted by molar-refractivity contribution is 7.07. The number of halogens is 1. The van der Waals surface area contributed by atoms with E-state index < -0.39 is 0 Å². The van der Waals surface area contributed by atoms with Crippen molar-refractivity contribution in [1.29, 1.82) is 0 Å². The van der Waals surface area contributed by atoms with E-state index in [1.165, 1.54) is 0 Å². The standard InChI is InChI=1S/C18H13ClN2O2S/c19-14-4-1-12(2-5-14)8-21-16-7-13(15-10-24-11-20-15)3-6-17(16)23-9-18(21)22/h1-7,10-11H,8-9H2. The number of carbonyl (C=O) groups is 1. The Morgan fingerprint density at radius 1 is 1.21 bits per heavy atom. The van der Waals surface area contributed by atoms with Crippen LogP contribution in [0.25, 0.3) is 11.3 Å². The van der Waals surface area contributed by atoms with Gasteiger partial charge in [-0.25, -0.2) is 4.98 Å². The molecule has 2 aromatic carbocycles. The Hall–Kier alpha value is -2.37. The molecule has 2 heterocycles. The highest BCUT2D eigenvalue weighted by atomic mass is 35.5. The number of hydrogen-bond donors (Lipinski definition) is 0. The van der Waals surface area contributed by atoms with Gasteiger partial charge >= 0.3 is 0 Å². The van der Waals surface area contributed by atoms with Crippen LogP contribution in [-0.2, 0) is 11.3 Å². The highest BCUT2D eigenvalue weighted by Gasteiger charge is 2.26. The van der Waals surface area contributed by atoms with Crippen LogP contribution in [0.4, 0.5) is 5.69 Å². The van der Waals surface area contributed by atoms with Crippen LogP contribution >= 0.6 is 22.9 Å². The Balaban J connectivity index is 1.71. The summed E-state index contributed by atoms with van der Waals surface area (Å²) in [6, 6.07) is 13.3. The maximum absolute atomic E-state index is 12.4. The second-order valence-electron chi connectivity index (χ2n) is 5.45. The van der Waals surface area contributed by atoms with E-state index in [4.69, 9.17) is 16.3 Å². The Labute approximate surface area is 148 Å². The predicted octanol–water partition coefficient (Wildman–Crippen LogP) is 4.39. The highest BCUT2D eigenvalue weighted by Crippen LogP contribution is 2.36. The molecular weight excluding hydrogens is 344 g/mol.